The van der Waals surface area contributed by atoms with Gasteiger partial charge in [0.1, 0.15) is 5.82 Å². The largest absolute Gasteiger partial charge is 0.481 e. The summed E-state index contributed by atoms with van der Waals surface area (Å²) in [5.74, 6) is -1.27. The van der Waals surface area contributed by atoms with Crippen LogP contribution in [0.25, 0.3) is 0 Å². The smallest absolute Gasteiger partial charge is 0.307 e. The van der Waals surface area contributed by atoms with Gasteiger partial charge in [-0.15, -0.1) is 0 Å². The lowest BCUT2D eigenvalue weighted by Gasteiger charge is -2.21. The summed E-state index contributed by atoms with van der Waals surface area (Å²) in [6.07, 6.45) is 4.77. The number of halogens is 1. The first kappa shape index (κ1) is 12.1. The van der Waals surface area contributed by atoms with Gasteiger partial charge in [0.15, 0.2) is 0 Å². The van der Waals surface area contributed by atoms with Crippen molar-refractivity contribution in [3.05, 3.63) is 35.6 Å². The second-order valence-electron chi connectivity index (χ2n) is 4.74. The van der Waals surface area contributed by atoms with Gasteiger partial charge in [-0.1, -0.05) is 31.4 Å². The molecule has 0 heterocycles. The summed E-state index contributed by atoms with van der Waals surface area (Å²) in [6, 6.07) is 6.28. The Bertz CT molecular complexity index is 386. The molecule has 0 amide bonds. The molecular formula is C14H17FO2. The topological polar surface area (TPSA) is 37.3 Å². The van der Waals surface area contributed by atoms with Crippen LogP contribution in [-0.2, 0) is 4.79 Å². The lowest BCUT2D eigenvalue weighted by Crippen LogP contribution is -2.21. The van der Waals surface area contributed by atoms with E-state index in [4.69, 9.17) is 0 Å². The fourth-order valence-electron chi connectivity index (χ4n) is 2.71. The van der Waals surface area contributed by atoms with E-state index in [1.165, 1.54) is 12.1 Å². The highest BCUT2D eigenvalue weighted by atomic mass is 19.1. The predicted octanol–water partition coefficient (Wildman–Crippen LogP) is 3.57. The van der Waals surface area contributed by atoms with E-state index in [1.807, 2.05) is 0 Å². The molecule has 0 radical (unpaired) electrons. The molecule has 0 aromatic heterocycles. The zero-order valence-corrected chi connectivity index (χ0v) is 9.73. The molecule has 1 N–H and O–H groups in total. The minimum Gasteiger partial charge on any atom is -0.481 e. The van der Waals surface area contributed by atoms with Crippen LogP contribution in [0, 0.1) is 11.7 Å². The maximum atomic E-state index is 12.9. The fourth-order valence-corrected chi connectivity index (χ4v) is 2.71. The van der Waals surface area contributed by atoms with Crippen molar-refractivity contribution in [1.29, 1.82) is 0 Å². The maximum absolute atomic E-state index is 12.9. The molecule has 2 nitrogen and oxygen atoms in total. The van der Waals surface area contributed by atoms with Crippen molar-refractivity contribution in [2.75, 3.05) is 0 Å². The summed E-state index contributed by atoms with van der Waals surface area (Å²) >= 11 is 0. The van der Waals surface area contributed by atoms with Gasteiger partial charge in [-0.3, -0.25) is 4.79 Å². The van der Waals surface area contributed by atoms with Crippen LogP contribution in [0.4, 0.5) is 4.39 Å². The van der Waals surface area contributed by atoms with Gasteiger partial charge >= 0.3 is 5.97 Å². The Hall–Kier alpha value is -1.38. The highest BCUT2D eigenvalue weighted by molar-refractivity contribution is 5.71. The van der Waals surface area contributed by atoms with Gasteiger partial charge in [0.25, 0.3) is 0 Å². The molecule has 2 unspecified atom stereocenters. The van der Waals surface area contributed by atoms with Gasteiger partial charge in [0.05, 0.1) is 5.92 Å². The second-order valence-corrected chi connectivity index (χ2v) is 4.74. The molecule has 1 aliphatic rings. The molecule has 1 saturated carbocycles. The molecular weight excluding hydrogens is 219 g/mol. The van der Waals surface area contributed by atoms with Crippen LogP contribution in [0.3, 0.4) is 0 Å². The van der Waals surface area contributed by atoms with E-state index in [2.05, 4.69) is 0 Å². The van der Waals surface area contributed by atoms with Crippen molar-refractivity contribution in [3.63, 3.8) is 0 Å². The number of rotatable bonds is 2. The number of aliphatic carboxylic acids is 1. The van der Waals surface area contributed by atoms with E-state index >= 15 is 0 Å². The molecule has 1 aliphatic carbocycles. The van der Waals surface area contributed by atoms with Gasteiger partial charge in [0, 0.05) is 0 Å². The number of carboxylic acids is 1. The van der Waals surface area contributed by atoms with E-state index in [9.17, 15) is 14.3 Å². The molecule has 1 aromatic carbocycles. The van der Waals surface area contributed by atoms with Crippen LogP contribution < -0.4 is 0 Å². The molecule has 2 atom stereocenters. The molecule has 2 rings (SSSR count). The van der Waals surface area contributed by atoms with Gasteiger partial charge in [-0.2, -0.15) is 0 Å². The summed E-state index contributed by atoms with van der Waals surface area (Å²) in [6.45, 7) is 0. The van der Waals surface area contributed by atoms with Gasteiger partial charge in [0.2, 0.25) is 0 Å². The van der Waals surface area contributed by atoms with Crippen molar-refractivity contribution in [2.24, 2.45) is 5.92 Å². The fraction of sp³-hybridized carbons (Fsp3) is 0.500. The normalized spacial score (nSPS) is 25.2. The van der Waals surface area contributed by atoms with Crippen LogP contribution in [0.15, 0.2) is 24.3 Å². The predicted molar refractivity (Wildman–Crippen MR) is 63.4 cm³/mol. The Morgan fingerprint density at radius 1 is 1.12 bits per heavy atom. The van der Waals surface area contributed by atoms with Gasteiger partial charge < -0.3 is 5.11 Å². The molecule has 0 saturated heterocycles. The van der Waals surface area contributed by atoms with E-state index in [0.717, 1.165) is 37.7 Å². The molecule has 92 valence electrons. The third-order valence-corrected chi connectivity index (χ3v) is 3.63. The molecule has 0 aliphatic heterocycles. The van der Waals surface area contributed by atoms with Gasteiger partial charge in [-0.05, 0) is 36.5 Å². The molecule has 0 spiro atoms. The van der Waals surface area contributed by atoms with Crippen molar-refractivity contribution in [2.45, 2.75) is 38.0 Å². The van der Waals surface area contributed by atoms with E-state index < -0.39 is 5.97 Å². The zero-order valence-electron chi connectivity index (χ0n) is 9.73. The SMILES string of the molecule is O=C(O)C1CCCCCC1c1ccc(F)cc1. The third kappa shape index (κ3) is 2.84. The number of carbonyl (C=O) groups is 1. The first-order valence-electron chi connectivity index (χ1n) is 6.17. The van der Waals surface area contributed by atoms with E-state index in [-0.39, 0.29) is 17.7 Å². The molecule has 1 aromatic rings. The number of carboxylic acid groups (broad SMARTS) is 1. The zero-order chi connectivity index (χ0) is 12.3. The summed E-state index contributed by atoms with van der Waals surface area (Å²) in [5.41, 5.74) is 0.959. The molecule has 17 heavy (non-hydrogen) atoms. The number of benzene rings is 1. The summed E-state index contributed by atoms with van der Waals surface area (Å²) in [7, 11) is 0. The van der Waals surface area contributed by atoms with Crippen molar-refractivity contribution in [1.82, 2.24) is 0 Å². The third-order valence-electron chi connectivity index (χ3n) is 3.63. The van der Waals surface area contributed by atoms with Crippen molar-refractivity contribution >= 4 is 5.97 Å². The first-order valence-corrected chi connectivity index (χ1v) is 6.17. The quantitative estimate of drug-likeness (QED) is 0.797. The summed E-state index contributed by atoms with van der Waals surface area (Å²) in [4.78, 5) is 11.3. The Balaban J connectivity index is 2.25. The monoisotopic (exact) mass is 236 g/mol. The number of hydrogen-bond donors (Lipinski definition) is 1. The maximum Gasteiger partial charge on any atom is 0.307 e. The Kier molecular flexibility index (Phi) is 3.77. The summed E-state index contributed by atoms with van der Waals surface area (Å²) < 4.78 is 12.9. The Morgan fingerprint density at radius 2 is 1.76 bits per heavy atom. The van der Waals surface area contributed by atoms with Crippen LogP contribution in [0.1, 0.15) is 43.6 Å². The van der Waals surface area contributed by atoms with Crippen molar-refractivity contribution < 1.29 is 14.3 Å². The average molecular weight is 236 g/mol. The lowest BCUT2D eigenvalue weighted by molar-refractivity contribution is -0.142. The molecule has 1 fully saturated rings. The molecule has 3 heteroatoms. The minimum absolute atomic E-state index is 0.0376. The van der Waals surface area contributed by atoms with Crippen LogP contribution in [-0.4, -0.2) is 11.1 Å². The standard InChI is InChI=1S/C14H17FO2/c15-11-8-6-10(7-9-11)12-4-2-1-3-5-13(12)14(16)17/h6-9,12-13H,1-5H2,(H,16,17). The second kappa shape index (κ2) is 5.30. The van der Waals surface area contributed by atoms with Crippen molar-refractivity contribution in [3.8, 4) is 0 Å². The van der Waals surface area contributed by atoms with E-state index in [1.54, 1.807) is 12.1 Å². The Labute approximate surface area is 100 Å². The highest BCUT2D eigenvalue weighted by Crippen LogP contribution is 2.36. The molecule has 0 bridgehead atoms. The Morgan fingerprint density at radius 3 is 2.41 bits per heavy atom. The average Bonchev–Trinajstić information content (AvgIpc) is 2.55. The number of hydrogen-bond acceptors (Lipinski definition) is 1. The van der Waals surface area contributed by atoms with Crippen LogP contribution in [0.2, 0.25) is 0 Å². The minimum atomic E-state index is -0.721. The lowest BCUT2D eigenvalue weighted by atomic mass is 9.82. The first-order chi connectivity index (χ1) is 8.18. The van der Waals surface area contributed by atoms with Crippen LogP contribution in [0.5, 0.6) is 0 Å². The van der Waals surface area contributed by atoms with E-state index in [0.29, 0.717) is 0 Å². The van der Waals surface area contributed by atoms with Gasteiger partial charge in [-0.25, -0.2) is 4.39 Å². The summed E-state index contributed by atoms with van der Waals surface area (Å²) in [5, 5.41) is 9.28. The van der Waals surface area contributed by atoms with Crippen LogP contribution >= 0.6 is 0 Å². The highest BCUT2D eigenvalue weighted by Gasteiger charge is 2.30.